The number of benzene rings is 1. The summed E-state index contributed by atoms with van der Waals surface area (Å²) in [6.45, 7) is 3.37. The fraction of sp³-hybridized carbons (Fsp3) is 0.176. The average molecular weight is 336 g/mol. The van der Waals surface area contributed by atoms with E-state index < -0.39 is 0 Å². The topological polar surface area (TPSA) is 68.5 Å². The Morgan fingerprint density at radius 1 is 1.17 bits per heavy atom. The van der Waals surface area contributed by atoms with Crippen molar-refractivity contribution in [3.05, 3.63) is 54.2 Å². The molecule has 0 aliphatic carbocycles. The summed E-state index contributed by atoms with van der Waals surface area (Å²) in [4.78, 5) is 14.2. The summed E-state index contributed by atoms with van der Waals surface area (Å²) >= 11 is 1.65. The van der Waals surface area contributed by atoms with Crippen molar-refractivity contribution in [2.45, 2.75) is 13.5 Å². The minimum Gasteiger partial charge on any atom is -0.368 e. The number of hydrogen-bond acceptors (Lipinski definition) is 6. The van der Waals surface area contributed by atoms with E-state index in [0.29, 0.717) is 0 Å². The van der Waals surface area contributed by atoms with Crippen molar-refractivity contribution in [2.24, 2.45) is 0 Å². The Hall–Kier alpha value is -2.80. The Morgan fingerprint density at radius 3 is 2.83 bits per heavy atom. The van der Waals surface area contributed by atoms with Crippen LogP contribution in [0.2, 0.25) is 0 Å². The van der Waals surface area contributed by atoms with Gasteiger partial charge in [-0.15, -0.1) is 11.3 Å². The van der Waals surface area contributed by atoms with Crippen molar-refractivity contribution in [1.82, 2.24) is 24.7 Å². The number of anilines is 1. The number of aromatic nitrogens is 5. The van der Waals surface area contributed by atoms with Crippen LogP contribution in [0.5, 0.6) is 0 Å². The van der Waals surface area contributed by atoms with E-state index in [2.05, 4.69) is 42.9 Å². The van der Waals surface area contributed by atoms with Gasteiger partial charge in [-0.3, -0.25) is 4.68 Å². The van der Waals surface area contributed by atoms with Crippen molar-refractivity contribution in [3.63, 3.8) is 0 Å². The lowest BCUT2D eigenvalue weighted by Gasteiger charge is -2.09. The van der Waals surface area contributed by atoms with Crippen molar-refractivity contribution < 1.29 is 0 Å². The molecule has 24 heavy (non-hydrogen) atoms. The van der Waals surface area contributed by atoms with E-state index in [1.807, 2.05) is 25.1 Å². The smallest absolute Gasteiger partial charge is 0.139 e. The first-order chi connectivity index (χ1) is 11.8. The lowest BCUT2D eigenvalue weighted by Crippen LogP contribution is -2.12. The molecule has 0 atom stereocenters. The maximum Gasteiger partial charge on any atom is 0.139 e. The SMILES string of the molecule is Cc1nc(NCCn2cncn2)c2c(-c3ccccc3)csc2n1. The number of aryl methyl sites for hydroxylation is 1. The van der Waals surface area contributed by atoms with Gasteiger partial charge in [-0.05, 0) is 12.5 Å². The second kappa shape index (κ2) is 6.37. The van der Waals surface area contributed by atoms with Gasteiger partial charge in [0.15, 0.2) is 0 Å². The van der Waals surface area contributed by atoms with Crippen molar-refractivity contribution in [2.75, 3.05) is 11.9 Å². The molecule has 0 aliphatic heterocycles. The Labute approximate surface area is 143 Å². The average Bonchev–Trinajstić information content (AvgIpc) is 3.25. The molecule has 0 saturated heterocycles. The summed E-state index contributed by atoms with van der Waals surface area (Å²) in [6.07, 6.45) is 3.25. The van der Waals surface area contributed by atoms with Crippen molar-refractivity contribution >= 4 is 27.4 Å². The van der Waals surface area contributed by atoms with Gasteiger partial charge in [-0.2, -0.15) is 5.10 Å². The molecule has 3 heterocycles. The first-order valence-corrected chi connectivity index (χ1v) is 8.57. The Morgan fingerprint density at radius 2 is 2.04 bits per heavy atom. The van der Waals surface area contributed by atoms with Crippen molar-refractivity contribution in [1.29, 1.82) is 0 Å². The standard InChI is InChI=1S/C17H16N6S/c1-12-21-16(19-7-8-23-11-18-10-20-23)15-14(9-24-17(15)22-12)13-5-3-2-4-6-13/h2-6,9-11H,7-8H2,1H3,(H,19,21,22). The summed E-state index contributed by atoms with van der Waals surface area (Å²) in [5, 5.41) is 10.8. The Balaban J connectivity index is 1.69. The highest BCUT2D eigenvalue weighted by Crippen LogP contribution is 2.36. The van der Waals surface area contributed by atoms with E-state index in [9.17, 15) is 0 Å². The van der Waals surface area contributed by atoms with Gasteiger partial charge >= 0.3 is 0 Å². The Bertz CT molecular complexity index is 946. The lowest BCUT2D eigenvalue weighted by atomic mass is 10.1. The highest BCUT2D eigenvalue weighted by atomic mass is 32.1. The number of nitrogens with one attached hydrogen (secondary N) is 1. The molecule has 0 unspecified atom stereocenters. The van der Waals surface area contributed by atoms with Crippen LogP contribution in [0.3, 0.4) is 0 Å². The maximum absolute atomic E-state index is 4.62. The fourth-order valence-electron chi connectivity index (χ4n) is 2.64. The van der Waals surface area contributed by atoms with Crippen LogP contribution in [0.25, 0.3) is 21.3 Å². The highest BCUT2D eigenvalue weighted by Gasteiger charge is 2.14. The summed E-state index contributed by atoms with van der Waals surface area (Å²) in [7, 11) is 0. The Kier molecular flexibility index (Phi) is 3.92. The monoisotopic (exact) mass is 336 g/mol. The van der Waals surface area contributed by atoms with Crippen LogP contribution in [-0.2, 0) is 6.54 Å². The van der Waals surface area contributed by atoms with E-state index in [4.69, 9.17) is 0 Å². The number of hydrogen-bond donors (Lipinski definition) is 1. The number of thiophene rings is 1. The van der Waals surface area contributed by atoms with Crippen LogP contribution in [-0.4, -0.2) is 31.3 Å². The molecule has 4 rings (SSSR count). The molecule has 0 saturated carbocycles. The first kappa shape index (κ1) is 14.8. The molecule has 0 amide bonds. The van der Waals surface area contributed by atoms with E-state index >= 15 is 0 Å². The van der Waals surface area contributed by atoms with E-state index in [1.54, 1.807) is 28.7 Å². The van der Waals surface area contributed by atoms with Crippen LogP contribution in [0, 0.1) is 6.92 Å². The van der Waals surface area contributed by atoms with Crippen LogP contribution < -0.4 is 5.32 Å². The largest absolute Gasteiger partial charge is 0.368 e. The minimum atomic E-state index is 0.721. The zero-order valence-corrected chi connectivity index (χ0v) is 14.0. The molecular weight excluding hydrogens is 320 g/mol. The molecule has 120 valence electrons. The van der Waals surface area contributed by atoms with Gasteiger partial charge in [0, 0.05) is 17.5 Å². The molecule has 6 nitrogen and oxygen atoms in total. The summed E-state index contributed by atoms with van der Waals surface area (Å²) < 4.78 is 1.80. The second-order valence-corrected chi connectivity index (χ2v) is 6.26. The van der Waals surface area contributed by atoms with E-state index in [1.165, 1.54) is 11.1 Å². The van der Waals surface area contributed by atoms with Gasteiger partial charge in [0.1, 0.15) is 29.1 Å². The van der Waals surface area contributed by atoms with E-state index in [-0.39, 0.29) is 0 Å². The molecule has 0 bridgehead atoms. The third kappa shape index (κ3) is 2.85. The van der Waals surface area contributed by atoms with Gasteiger partial charge in [0.25, 0.3) is 0 Å². The molecule has 0 aliphatic rings. The number of rotatable bonds is 5. The molecule has 1 aromatic carbocycles. The predicted octanol–water partition coefficient (Wildman–Crippen LogP) is 3.37. The lowest BCUT2D eigenvalue weighted by molar-refractivity contribution is 0.635. The molecule has 0 spiro atoms. The first-order valence-electron chi connectivity index (χ1n) is 7.69. The van der Waals surface area contributed by atoms with Crippen LogP contribution in [0.4, 0.5) is 5.82 Å². The summed E-state index contributed by atoms with van der Waals surface area (Å²) in [5.74, 6) is 1.64. The quantitative estimate of drug-likeness (QED) is 0.605. The highest BCUT2D eigenvalue weighted by molar-refractivity contribution is 7.17. The maximum atomic E-state index is 4.62. The normalized spacial score (nSPS) is 11.0. The minimum absolute atomic E-state index is 0.721. The molecule has 3 aromatic heterocycles. The summed E-state index contributed by atoms with van der Waals surface area (Å²) in [6, 6.07) is 10.3. The third-order valence-electron chi connectivity index (χ3n) is 3.73. The second-order valence-electron chi connectivity index (χ2n) is 5.40. The molecule has 1 N–H and O–H groups in total. The molecule has 0 fully saturated rings. The van der Waals surface area contributed by atoms with Gasteiger partial charge in [0.2, 0.25) is 0 Å². The third-order valence-corrected chi connectivity index (χ3v) is 4.60. The van der Waals surface area contributed by atoms with Crippen LogP contribution in [0.15, 0.2) is 48.4 Å². The van der Waals surface area contributed by atoms with Crippen molar-refractivity contribution in [3.8, 4) is 11.1 Å². The van der Waals surface area contributed by atoms with E-state index in [0.717, 1.165) is 34.9 Å². The molecule has 0 radical (unpaired) electrons. The van der Waals surface area contributed by atoms with Crippen LogP contribution >= 0.6 is 11.3 Å². The molecular formula is C17H16N6S. The molecule has 7 heteroatoms. The summed E-state index contributed by atoms with van der Waals surface area (Å²) in [5.41, 5.74) is 2.34. The van der Waals surface area contributed by atoms with Crippen LogP contribution in [0.1, 0.15) is 5.82 Å². The van der Waals surface area contributed by atoms with Gasteiger partial charge in [-0.1, -0.05) is 30.3 Å². The fourth-order valence-corrected chi connectivity index (χ4v) is 3.64. The number of nitrogens with zero attached hydrogens (tertiary/aromatic N) is 5. The van der Waals surface area contributed by atoms with Gasteiger partial charge in [0.05, 0.1) is 11.9 Å². The number of fused-ring (bicyclic) bond motifs is 1. The zero-order chi connectivity index (χ0) is 16.4. The van der Waals surface area contributed by atoms with Gasteiger partial charge in [-0.25, -0.2) is 15.0 Å². The zero-order valence-electron chi connectivity index (χ0n) is 13.2. The predicted molar refractivity (Wildman–Crippen MR) is 96.1 cm³/mol. The molecule has 4 aromatic rings. The van der Waals surface area contributed by atoms with Gasteiger partial charge < -0.3 is 5.32 Å².